The molecule has 0 aliphatic heterocycles. The van der Waals surface area contributed by atoms with Gasteiger partial charge in [0, 0.05) is 11.9 Å². The van der Waals surface area contributed by atoms with Crippen LogP contribution in [0, 0.1) is 6.92 Å². The highest BCUT2D eigenvalue weighted by Gasteiger charge is 2.19. The van der Waals surface area contributed by atoms with Crippen molar-refractivity contribution in [3.05, 3.63) is 52.2 Å². The van der Waals surface area contributed by atoms with Crippen molar-refractivity contribution in [1.82, 2.24) is 14.8 Å². The molecule has 0 saturated heterocycles. The maximum atomic E-state index is 12.5. The Labute approximate surface area is 195 Å². The number of thioether (sulfide) groups is 1. The van der Waals surface area contributed by atoms with Crippen molar-refractivity contribution in [2.75, 3.05) is 17.7 Å². The number of thiophene rings is 1. The van der Waals surface area contributed by atoms with Crippen molar-refractivity contribution in [3.8, 4) is 5.75 Å². The zero-order chi connectivity index (χ0) is 23.1. The van der Waals surface area contributed by atoms with Crippen LogP contribution in [0.25, 0.3) is 0 Å². The number of hydrogen-bond donors (Lipinski definition) is 1. The lowest BCUT2D eigenvalue weighted by Crippen LogP contribution is -2.16. The summed E-state index contributed by atoms with van der Waals surface area (Å²) in [4.78, 5) is 25.7. The molecular weight excluding hydrogens is 448 g/mol. The van der Waals surface area contributed by atoms with E-state index in [4.69, 9.17) is 9.47 Å². The van der Waals surface area contributed by atoms with Crippen LogP contribution in [-0.2, 0) is 29.6 Å². The molecule has 0 saturated carbocycles. The lowest BCUT2D eigenvalue weighted by molar-refractivity contribution is -0.113. The summed E-state index contributed by atoms with van der Waals surface area (Å²) in [6.45, 7) is 6.31. The van der Waals surface area contributed by atoms with E-state index < -0.39 is 5.97 Å². The number of carbonyl (C=O) groups is 2. The Hall–Kier alpha value is -2.85. The third-order valence-electron chi connectivity index (χ3n) is 4.49. The van der Waals surface area contributed by atoms with Crippen LogP contribution in [0.15, 0.2) is 35.5 Å². The molecular formula is C22H26N4O4S2. The highest BCUT2D eigenvalue weighted by Crippen LogP contribution is 2.30. The molecule has 1 amide bonds. The van der Waals surface area contributed by atoms with Gasteiger partial charge in [-0.1, -0.05) is 30.8 Å². The second-order valence-electron chi connectivity index (χ2n) is 6.93. The summed E-state index contributed by atoms with van der Waals surface area (Å²) in [6, 6.07) is 9.56. The van der Waals surface area contributed by atoms with Crippen LogP contribution in [0.1, 0.15) is 40.5 Å². The molecule has 0 bridgehead atoms. The van der Waals surface area contributed by atoms with Gasteiger partial charge >= 0.3 is 5.97 Å². The third kappa shape index (κ3) is 6.10. The van der Waals surface area contributed by atoms with E-state index in [0.717, 1.165) is 22.6 Å². The van der Waals surface area contributed by atoms with Gasteiger partial charge in [-0.25, -0.2) is 4.79 Å². The highest BCUT2D eigenvalue weighted by molar-refractivity contribution is 7.99. The molecule has 2 heterocycles. The summed E-state index contributed by atoms with van der Waals surface area (Å²) >= 11 is 2.65. The molecule has 0 radical (unpaired) electrons. The molecule has 0 spiro atoms. The normalized spacial score (nSPS) is 10.8. The number of aromatic nitrogens is 3. The van der Waals surface area contributed by atoms with E-state index in [2.05, 4.69) is 15.5 Å². The number of esters is 1. The summed E-state index contributed by atoms with van der Waals surface area (Å²) in [7, 11) is 1.83. The largest absolute Gasteiger partial charge is 0.486 e. The number of nitrogens with one attached hydrogen (secondary N) is 1. The zero-order valence-electron chi connectivity index (χ0n) is 18.5. The van der Waals surface area contributed by atoms with Crippen LogP contribution in [0.4, 0.5) is 5.00 Å². The van der Waals surface area contributed by atoms with Crippen LogP contribution >= 0.6 is 23.1 Å². The van der Waals surface area contributed by atoms with Gasteiger partial charge < -0.3 is 19.4 Å². The molecule has 170 valence electrons. The molecule has 8 nitrogen and oxygen atoms in total. The number of hydrogen-bond acceptors (Lipinski definition) is 8. The number of benzene rings is 1. The third-order valence-corrected chi connectivity index (χ3v) is 6.71. The first kappa shape index (κ1) is 23.8. The number of ether oxygens (including phenoxy) is 2. The molecule has 0 fully saturated rings. The fourth-order valence-electron chi connectivity index (χ4n) is 2.81. The number of nitrogens with zero attached hydrogens (tertiary/aromatic N) is 3. The molecule has 3 aromatic rings. The molecule has 1 aromatic carbocycles. The Morgan fingerprint density at radius 2 is 2.03 bits per heavy atom. The van der Waals surface area contributed by atoms with Crippen LogP contribution < -0.4 is 10.1 Å². The van der Waals surface area contributed by atoms with Crippen LogP contribution in [0.3, 0.4) is 0 Å². The van der Waals surface area contributed by atoms with Crippen LogP contribution in [-0.4, -0.2) is 39.0 Å². The highest BCUT2D eigenvalue weighted by atomic mass is 32.2. The minimum absolute atomic E-state index is 0.131. The van der Waals surface area contributed by atoms with Crippen molar-refractivity contribution in [2.24, 2.45) is 7.05 Å². The summed E-state index contributed by atoms with van der Waals surface area (Å²) in [5, 5.41) is 12.3. The first-order valence-electron chi connectivity index (χ1n) is 10.2. The van der Waals surface area contributed by atoms with E-state index in [1.807, 2.05) is 45.2 Å². The smallest absolute Gasteiger partial charge is 0.341 e. The predicted octanol–water partition coefficient (Wildman–Crippen LogP) is 4.23. The number of carbonyl (C=O) groups excluding carboxylic acids is 2. The van der Waals surface area contributed by atoms with Crippen molar-refractivity contribution < 1.29 is 19.1 Å². The molecule has 3 rings (SSSR count). The average molecular weight is 475 g/mol. The summed E-state index contributed by atoms with van der Waals surface area (Å²) in [5.74, 6) is 0.890. The minimum atomic E-state index is -0.432. The first-order chi connectivity index (χ1) is 15.4. The van der Waals surface area contributed by atoms with E-state index >= 15 is 0 Å². The van der Waals surface area contributed by atoms with Crippen molar-refractivity contribution in [1.29, 1.82) is 0 Å². The van der Waals surface area contributed by atoms with Gasteiger partial charge in [0.25, 0.3) is 0 Å². The monoisotopic (exact) mass is 474 g/mol. The van der Waals surface area contributed by atoms with Gasteiger partial charge in [-0.05, 0) is 44.0 Å². The standard InChI is InChI=1S/C22H26N4O4S2/c1-5-16-11-17(21(28)29-6-2)20(32-16)23-19(27)13-31-22-25-24-18(26(22)4)12-30-15-9-7-8-14(3)10-15/h7-11H,5-6,12-13H2,1-4H3,(H,23,27). The van der Waals surface area contributed by atoms with E-state index in [0.29, 0.717) is 21.5 Å². The first-order valence-corrected chi connectivity index (χ1v) is 12.0. The maximum absolute atomic E-state index is 12.5. The van der Waals surface area contributed by atoms with Gasteiger partial charge in [0.2, 0.25) is 5.91 Å². The van der Waals surface area contributed by atoms with E-state index in [1.165, 1.54) is 23.1 Å². The van der Waals surface area contributed by atoms with Gasteiger partial charge in [-0.15, -0.1) is 21.5 Å². The Bertz CT molecular complexity index is 1090. The Kier molecular flexibility index (Phi) is 8.29. The van der Waals surface area contributed by atoms with E-state index in [-0.39, 0.29) is 24.9 Å². The molecule has 0 aliphatic carbocycles. The molecule has 0 aliphatic rings. The number of rotatable bonds is 10. The van der Waals surface area contributed by atoms with E-state index in [9.17, 15) is 9.59 Å². The fraction of sp³-hybridized carbons (Fsp3) is 0.364. The summed E-state index contributed by atoms with van der Waals surface area (Å²) in [5.41, 5.74) is 1.51. The van der Waals surface area contributed by atoms with Gasteiger partial charge in [0.15, 0.2) is 11.0 Å². The quantitative estimate of drug-likeness (QED) is 0.347. The summed E-state index contributed by atoms with van der Waals surface area (Å²) < 4.78 is 12.7. The predicted molar refractivity (Wildman–Crippen MR) is 126 cm³/mol. The van der Waals surface area contributed by atoms with Gasteiger partial charge in [-0.2, -0.15) is 0 Å². The van der Waals surface area contributed by atoms with Crippen molar-refractivity contribution in [3.63, 3.8) is 0 Å². The van der Waals surface area contributed by atoms with Crippen LogP contribution in [0.5, 0.6) is 5.75 Å². The zero-order valence-corrected chi connectivity index (χ0v) is 20.1. The van der Waals surface area contributed by atoms with E-state index in [1.54, 1.807) is 17.6 Å². The topological polar surface area (TPSA) is 95.3 Å². The van der Waals surface area contributed by atoms with Crippen molar-refractivity contribution in [2.45, 2.75) is 39.0 Å². The molecule has 1 N–H and O–H groups in total. The molecule has 10 heteroatoms. The lowest BCUT2D eigenvalue weighted by Gasteiger charge is -2.07. The average Bonchev–Trinajstić information content (AvgIpc) is 3.34. The molecule has 0 atom stereocenters. The summed E-state index contributed by atoms with van der Waals surface area (Å²) in [6.07, 6.45) is 0.772. The van der Waals surface area contributed by atoms with Gasteiger partial charge in [0.1, 0.15) is 17.4 Å². The second kappa shape index (κ2) is 11.1. The van der Waals surface area contributed by atoms with Gasteiger partial charge in [-0.3, -0.25) is 4.79 Å². The van der Waals surface area contributed by atoms with Gasteiger partial charge in [0.05, 0.1) is 17.9 Å². The number of aryl methyl sites for hydroxylation is 2. The lowest BCUT2D eigenvalue weighted by atomic mass is 10.2. The molecule has 0 unspecified atom stereocenters. The van der Waals surface area contributed by atoms with Crippen molar-refractivity contribution >= 4 is 40.0 Å². The molecule has 32 heavy (non-hydrogen) atoms. The number of anilines is 1. The van der Waals surface area contributed by atoms with Crippen LogP contribution in [0.2, 0.25) is 0 Å². The maximum Gasteiger partial charge on any atom is 0.341 e. The Morgan fingerprint density at radius 1 is 1.22 bits per heavy atom. The second-order valence-corrected chi connectivity index (χ2v) is 9.01. The minimum Gasteiger partial charge on any atom is -0.486 e. The number of amides is 1. The molecule has 2 aromatic heterocycles. The fourth-order valence-corrected chi connectivity index (χ4v) is 4.54. The SMILES string of the molecule is CCOC(=O)c1cc(CC)sc1NC(=O)CSc1nnc(COc2cccc(C)c2)n1C. The Morgan fingerprint density at radius 3 is 2.75 bits per heavy atom. The Balaban J connectivity index is 1.57.